The maximum Gasteiger partial charge on any atom is 0.331 e. The molecule has 0 heterocycles. The third-order valence-corrected chi connectivity index (χ3v) is 2.64. The lowest BCUT2D eigenvalue weighted by atomic mass is 10.1. The molecule has 0 aliphatic carbocycles. The lowest BCUT2D eigenvalue weighted by Crippen LogP contribution is -2.23. The van der Waals surface area contributed by atoms with E-state index in [1.807, 2.05) is 13.8 Å². The van der Waals surface area contributed by atoms with E-state index in [-0.39, 0.29) is 12.0 Å². The molecule has 0 radical (unpaired) electrons. The van der Waals surface area contributed by atoms with Gasteiger partial charge in [-0.25, -0.2) is 4.79 Å². The maximum atomic E-state index is 11.3. The van der Waals surface area contributed by atoms with Crippen LogP contribution in [0.25, 0.3) is 0 Å². The zero-order valence-electron chi connectivity index (χ0n) is 11.8. The summed E-state index contributed by atoms with van der Waals surface area (Å²) in [5.41, 5.74) is -0.00203. The van der Waals surface area contributed by atoms with Crippen LogP contribution in [0.2, 0.25) is 0 Å². The lowest BCUT2D eigenvalue weighted by Gasteiger charge is -2.16. The number of carboxylic acid groups (broad SMARTS) is 1. The standard InChI is InChI=1S/C13H23NO5/c1-4-14(5-2)8-6-7-11(13(17)18)9-12(16)19-10(3)15/h7,10,15H,4-6,8-9H2,1-3H3,(H,17,18). The van der Waals surface area contributed by atoms with Crippen LogP contribution in [0.3, 0.4) is 0 Å². The fourth-order valence-electron chi connectivity index (χ4n) is 1.58. The molecule has 0 aliphatic rings. The summed E-state index contributed by atoms with van der Waals surface area (Å²) in [4.78, 5) is 24.4. The first-order valence-electron chi connectivity index (χ1n) is 6.42. The van der Waals surface area contributed by atoms with Gasteiger partial charge in [0.1, 0.15) is 0 Å². The van der Waals surface area contributed by atoms with Gasteiger partial charge in [0.2, 0.25) is 0 Å². The van der Waals surface area contributed by atoms with Gasteiger partial charge in [-0.05, 0) is 26.4 Å². The van der Waals surface area contributed by atoms with E-state index < -0.39 is 18.2 Å². The van der Waals surface area contributed by atoms with Gasteiger partial charge in [0.15, 0.2) is 6.29 Å². The molecule has 19 heavy (non-hydrogen) atoms. The highest BCUT2D eigenvalue weighted by Crippen LogP contribution is 2.07. The summed E-state index contributed by atoms with van der Waals surface area (Å²) in [6, 6.07) is 0. The third-order valence-electron chi connectivity index (χ3n) is 2.64. The molecule has 6 heteroatoms. The summed E-state index contributed by atoms with van der Waals surface area (Å²) in [7, 11) is 0. The van der Waals surface area contributed by atoms with Crippen LogP contribution in [-0.4, -0.2) is 53.0 Å². The predicted octanol–water partition coefficient (Wildman–Crippen LogP) is 1.00. The van der Waals surface area contributed by atoms with E-state index in [1.54, 1.807) is 0 Å². The van der Waals surface area contributed by atoms with Crippen molar-refractivity contribution >= 4 is 11.9 Å². The molecular weight excluding hydrogens is 250 g/mol. The van der Waals surface area contributed by atoms with Gasteiger partial charge in [0, 0.05) is 12.1 Å². The highest BCUT2D eigenvalue weighted by atomic mass is 16.6. The molecule has 0 bridgehead atoms. The molecule has 0 aromatic heterocycles. The van der Waals surface area contributed by atoms with Gasteiger partial charge < -0.3 is 19.8 Å². The SMILES string of the molecule is CCN(CC)CCC=C(CC(=O)OC(C)O)C(=O)O. The molecule has 0 spiro atoms. The highest BCUT2D eigenvalue weighted by molar-refractivity contribution is 5.92. The summed E-state index contributed by atoms with van der Waals surface area (Å²) in [5, 5.41) is 17.9. The number of carbonyl (C=O) groups is 2. The summed E-state index contributed by atoms with van der Waals surface area (Å²) in [6.07, 6.45) is 0.534. The topological polar surface area (TPSA) is 87.1 Å². The number of aliphatic carboxylic acids is 1. The molecule has 1 unspecified atom stereocenters. The first kappa shape index (κ1) is 17.6. The van der Waals surface area contributed by atoms with Crippen LogP contribution in [-0.2, 0) is 14.3 Å². The summed E-state index contributed by atoms with van der Waals surface area (Å²) in [5.74, 6) is -1.88. The molecule has 0 saturated carbocycles. The number of aliphatic hydroxyl groups is 1. The Kier molecular flexibility index (Phi) is 8.82. The van der Waals surface area contributed by atoms with Crippen LogP contribution in [0.15, 0.2) is 11.6 Å². The first-order chi connectivity index (χ1) is 8.90. The second-order valence-corrected chi connectivity index (χ2v) is 4.12. The van der Waals surface area contributed by atoms with Crippen LogP contribution >= 0.6 is 0 Å². The minimum atomic E-state index is -1.22. The van der Waals surface area contributed by atoms with Crippen molar-refractivity contribution in [3.8, 4) is 0 Å². The monoisotopic (exact) mass is 273 g/mol. The molecule has 6 nitrogen and oxygen atoms in total. The van der Waals surface area contributed by atoms with Crippen molar-refractivity contribution in [2.45, 2.75) is 39.9 Å². The number of esters is 1. The summed E-state index contributed by atoms with van der Waals surface area (Å²) < 4.78 is 4.50. The fraction of sp³-hybridized carbons (Fsp3) is 0.692. The van der Waals surface area contributed by atoms with E-state index in [0.717, 1.165) is 19.6 Å². The van der Waals surface area contributed by atoms with Gasteiger partial charge in [0.05, 0.1) is 6.42 Å². The number of hydrogen-bond acceptors (Lipinski definition) is 5. The van der Waals surface area contributed by atoms with E-state index in [1.165, 1.54) is 13.0 Å². The minimum Gasteiger partial charge on any atom is -0.478 e. The van der Waals surface area contributed by atoms with Gasteiger partial charge in [-0.1, -0.05) is 19.9 Å². The smallest absolute Gasteiger partial charge is 0.331 e. The zero-order chi connectivity index (χ0) is 14.8. The number of ether oxygens (including phenoxy) is 1. The van der Waals surface area contributed by atoms with Gasteiger partial charge in [-0.3, -0.25) is 4.79 Å². The van der Waals surface area contributed by atoms with Crippen LogP contribution in [0.1, 0.15) is 33.6 Å². The van der Waals surface area contributed by atoms with Gasteiger partial charge in [0.25, 0.3) is 0 Å². The quantitative estimate of drug-likeness (QED) is 0.370. The number of carboxylic acids is 1. The Morgan fingerprint density at radius 2 is 1.89 bits per heavy atom. The number of nitrogens with zero attached hydrogens (tertiary/aromatic N) is 1. The van der Waals surface area contributed by atoms with Crippen molar-refractivity contribution in [3.63, 3.8) is 0 Å². The van der Waals surface area contributed by atoms with Crippen molar-refractivity contribution < 1.29 is 24.5 Å². The normalized spacial score (nSPS) is 13.4. The lowest BCUT2D eigenvalue weighted by molar-refractivity contribution is -0.164. The fourth-order valence-corrected chi connectivity index (χ4v) is 1.58. The van der Waals surface area contributed by atoms with Crippen molar-refractivity contribution in [1.82, 2.24) is 4.90 Å². The minimum absolute atomic E-state index is 0.00203. The Morgan fingerprint density at radius 1 is 1.32 bits per heavy atom. The van der Waals surface area contributed by atoms with Crippen molar-refractivity contribution in [2.75, 3.05) is 19.6 Å². The molecule has 0 saturated heterocycles. The van der Waals surface area contributed by atoms with Crippen molar-refractivity contribution in [1.29, 1.82) is 0 Å². The maximum absolute atomic E-state index is 11.3. The Balaban J connectivity index is 4.39. The van der Waals surface area contributed by atoms with Crippen LogP contribution < -0.4 is 0 Å². The Morgan fingerprint density at radius 3 is 2.32 bits per heavy atom. The van der Waals surface area contributed by atoms with Crippen LogP contribution in [0.4, 0.5) is 0 Å². The number of aliphatic hydroxyl groups excluding tert-OH is 1. The van der Waals surface area contributed by atoms with E-state index in [4.69, 9.17) is 10.2 Å². The Labute approximate surface area is 113 Å². The molecular formula is C13H23NO5. The Bertz CT molecular complexity index is 321. The average molecular weight is 273 g/mol. The molecule has 1 atom stereocenters. The van der Waals surface area contributed by atoms with Gasteiger partial charge >= 0.3 is 11.9 Å². The molecule has 0 aromatic rings. The molecule has 0 amide bonds. The van der Waals surface area contributed by atoms with Crippen molar-refractivity contribution in [3.05, 3.63) is 11.6 Å². The number of hydrogen-bond donors (Lipinski definition) is 2. The molecule has 0 fully saturated rings. The molecule has 0 aromatic carbocycles. The third kappa shape index (κ3) is 8.34. The van der Waals surface area contributed by atoms with E-state index in [9.17, 15) is 9.59 Å². The second kappa shape index (κ2) is 9.52. The highest BCUT2D eigenvalue weighted by Gasteiger charge is 2.15. The Hall–Kier alpha value is -1.40. The molecule has 0 rings (SSSR count). The molecule has 2 N–H and O–H groups in total. The second-order valence-electron chi connectivity index (χ2n) is 4.12. The largest absolute Gasteiger partial charge is 0.478 e. The number of carbonyl (C=O) groups excluding carboxylic acids is 1. The van der Waals surface area contributed by atoms with E-state index >= 15 is 0 Å². The van der Waals surface area contributed by atoms with Gasteiger partial charge in [-0.15, -0.1) is 0 Å². The zero-order valence-corrected chi connectivity index (χ0v) is 11.8. The van der Waals surface area contributed by atoms with E-state index in [0.29, 0.717) is 6.42 Å². The van der Waals surface area contributed by atoms with Crippen molar-refractivity contribution in [2.24, 2.45) is 0 Å². The molecule has 110 valence electrons. The molecule has 0 aliphatic heterocycles. The van der Waals surface area contributed by atoms with E-state index in [2.05, 4.69) is 9.64 Å². The first-order valence-corrected chi connectivity index (χ1v) is 6.42. The number of rotatable bonds is 9. The van der Waals surface area contributed by atoms with Crippen LogP contribution in [0.5, 0.6) is 0 Å². The summed E-state index contributed by atoms with van der Waals surface area (Å²) >= 11 is 0. The summed E-state index contributed by atoms with van der Waals surface area (Å²) in [6.45, 7) is 7.90. The average Bonchev–Trinajstić information content (AvgIpc) is 2.32. The van der Waals surface area contributed by atoms with Gasteiger partial charge in [-0.2, -0.15) is 0 Å². The predicted molar refractivity (Wildman–Crippen MR) is 70.5 cm³/mol. The van der Waals surface area contributed by atoms with Crippen LogP contribution in [0, 0.1) is 0 Å².